The smallest absolute Gasteiger partial charge is 0.405 e. The maximum absolute atomic E-state index is 11.0. The molecule has 2 rings (SSSR count). The quantitative estimate of drug-likeness (QED) is 0.779. The Balaban J connectivity index is 2.24. The van der Waals surface area contributed by atoms with Crippen LogP contribution in [0.25, 0.3) is 0 Å². The summed E-state index contributed by atoms with van der Waals surface area (Å²) in [6.07, 6.45) is -0.890. The van der Waals surface area contributed by atoms with E-state index in [9.17, 15) is 9.90 Å². The van der Waals surface area contributed by atoms with Crippen molar-refractivity contribution in [3.8, 4) is 0 Å². The second kappa shape index (κ2) is 6.33. The molecule has 0 fully saturated rings. The average Bonchev–Trinajstić information content (AvgIpc) is 2.89. The molecule has 0 aliphatic rings. The van der Waals surface area contributed by atoms with E-state index in [1.165, 1.54) is 13.8 Å². The normalized spacial score (nSPS) is 12.9. The summed E-state index contributed by atoms with van der Waals surface area (Å²) in [6.45, 7) is 3.01. The molecule has 0 saturated carbocycles. The second-order valence-corrected chi connectivity index (χ2v) is 5.77. The molecule has 0 saturated heterocycles. The lowest BCUT2D eigenvalue weighted by Crippen LogP contribution is -2.28. The summed E-state index contributed by atoms with van der Waals surface area (Å²) in [7, 11) is 0. The Morgan fingerprint density at radius 3 is 2.50 bits per heavy atom. The highest BCUT2D eigenvalue weighted by Crippen LogP contribution is 2.23. The molecule has 1 heterocycles. The summed E-state index contributed by atoms with van der Waals surface area (Å²) >= 11 is 5.82. The summed E-state index contributed by atoms with van der Waals surface area (Å²) in [5.41, 5.74) is -0.439. The summed E-state index contributed by atoms with van der Waals surface area (Å²) in [5.74, 6) is 0.116. The summed E-state index contributed by atoms with van der Waals surface area (Å²) in [6, 6.07) is 6.27. The van der Waals surface area contributed by atoms with Gasteiger partial charge in [-0.3, -0.25) is 0 Å². The number of aromatic nitrogens is 2. The number of carbonyl (C=O) groups is 1. The highest BCUT2D eigenvalue weighted by molar-refractivity contribution is 6.30. The summed E-state index contributed by atoms with van der Waals surface area (Å²) in [4.78, 5) is 11.0. The molecule has 0 unspecified atom stereocenters. The Bertz CT molecular complexity index is 649. The molecule has 0 spiro atoms. The largest absolute Gasteiger partial charge is 0.465 e. The van der Waals surface area contributed by atoms with Crippen molar-refractivity contribution in [2.24, 2.45) is 0 Å². The zero-order chi connectivity index (χ0) is 16.3. The van der Waals surface area contributed by atoms with Crippen LogP contribution < -0.4 is 5.32 Å². The van der Waals surface area contributed by atoms with E-state index in [0.717, 1.165) is 5.56 Å². The standard InChI is InChI=1S/C14H16ClN3O4/c1-14(2,21)12-18-17-11(22-12)10(16-13(19)20)7-8-3-5-9(15)6-4-8/h3-6,10,16,21H,7H2,1-2H3,(H,19,20)/t10-/m0/s1. The van der Waals surface area contributed by atoms with Crippen LogP contribution in [0.4, 0.5) is 4.79 Å². The van der Waals surface area contributed by atoms with Crippen molar-refractivity contribution in [2.75, 3.05) is 0 Å². The van der Waals surface area contributed by atoms with Gasteiger partial charge in [0.15, 0.2) is 0 Å². The third-order valence-electron chi connectivity index (χ3n) is 2.91. The lowest BCUT2D eigenvalue weighted by Gasteiger charge is -2.14. The van der Waals surface area contributed by atoms with Crippen molar-refractivity contribution in [1.29, 1.82) is 0 Å². The van der Waals surface area contributed by atoms with Crippen LogP contribution in [-0.2, 0) is 12.0 Å². The first-order valence-electron chi connectivity index (χ1n) is 6.56. The minimum Gasteiger partial charge on any atom is -0.465 e. The van der Waals surface area contributed by atoms with Gasteiger partial charge < -0.3 is 19.9 Å². The molecule has 118 valence electrons. The molecule has 1 aromatic carbocycles. The third-order valence-corrected chi connectivity index (χ3v) is 3.16. The van der Waals surface area contributed by atoms with Gasteiger partial charge in [0.1, 0.15) is 11.6 Å². The molecule has 22 heavy (non-hydrogen) atoms. The number of hydrogen-bond donors (Lipinski definition) is 3. The number of benzene rings is 1. The molecule has 7 nitrogen and oxygen atoms in total. The van der Waals surface area contributed by atoms with Crippen molar-refractivity contribution in [1.82, 2.24) is 15.5 Å². The van der Waals surface area contributed by atoms with Crippen LogP contribution in [-0.4, -0.2) is 26.5 Å². The lowest BCUT2D eigenvalue weighted by atomic mass is 10.1. The van der Waals surface area contributed by atoms with E-state index in [4.69, 9.17) is 21.1 Å². The Hall–Kier alpha value is -2.12. The Morgan fingerprint density at radius 2 is 2.00 bits per heavy atom. The van der Waals surface area contributed by atoms with E-state index in [0.29, 0.717) is 11.4 Å². The molecule has 1 amide bonds. The monoisotopic (exact) mass is 325 g/mol. The second-order valence-electron chi connectivity index (χ2n) is 5.34. The first kappa shape index (κ1) is 16.3. The van der Waals surface area contributed by atoms with Gasteiger partial charge in [0.05, 0.1) is 0 Å². The van der Waals surface area contributed by atoms with Gasteiger partial charge >= 0.3 is 6.09 Å². The minimum atomic E-state index is -1.29. The first-order chi connectivity index (χ1) is 10.3. The number of nitrogens with zero attached hydrogens (tertiary/aromatic N) is 2. The van der Waals surface area contributed by atoms with Crippen molar-refractivity contribution in [3.05, 3.63) is 46.6 Å². The highest BCUT2D eigenvalue weighted by Gasteiger charge is 2.27. The van der Waals surface area contributed by atoms with Gasteiger partial charge in [0.25, 0.3) is 0 Å². The zero-order valence-corrected chi connectivity index (χ0v) is 12.8. The van der Waals surface area contributed by atoms with Crippen LogP contribution in [0.15, 0.2) is 28.7 Å². The molecular weight excluding hydrogens is 310 g/mol. The number of carboxylic acid groups (broad SMARTS) is 1. The molecule has 0 bridgehead atoms. The predicted molar refractivity (Wildman–Crippen MR) is 78.6 cm³/mol. The Labute approximate surface area is 131 Å². The van der Waals surface area contributed by atoms with E-state index < -0.39 is 17.7 Å². The third kappa shape index (κ3) is 4.19. The number of hydrogen-bond acceptors (Lipinski definition) is 5. The Morgan fingerprint density at radius 1 is 1.36 bits per heavy atom. The van der Waals surface area contributed by atoms with Gasteiger partial charge in [0, 0.05) is 11.4 Å². The van der Waals surface area contributed by atoms with Gasteiger partial charge in [0.2, 0.25) is 11.8 Å². The van der Waals surface area contributed by atoms with Crippen LogP contribution in [0.2, 0.25) is 5.02 Å². The van der Waals surface area contributed by atoms with E-state index in [1.54, 1.807) is 24.3 Å². The number of rotatable bonds is 5. The fraction of sp³-hybridized carbons (Fsp3) is 0.357. The van der Waals surface area contributed by atoms with Crippen LogP contribution in [0.5, 0.6) is 0 Å². The van der Waals surface area contributed by atoms with E-state index >= 15 is 0 Å². The topological polar surface area (TPSA) is 108 Å². The molecular formula is C14H16ClN3O4. The van der Waals surface area contributed by atoms with E-state index in [1.807, 2.05) is 0 Å². The number of amides is 1. The van der Waals surface area contributed by atoms with Crippen molar-refractivity contribution < 1.29 is 19.4 Å². The Kier molecular flexibility index (Phi) is 4.68. The molecule has 0 radical (unpaired) electrons. The maximum atomic E-state index is 11.0. The van der Waals surface area contributed by atoms with Gasteiger partial charge in [-0.15, -0.1) is 10.2 Å². The molecule has 0 aliphatic carbocycles. The number of nitrogens with one attached hydrogen (secondary N) is 1. The fourth-order valence-electron chi connectivity index (χ4n) is 1.83. The van der Waals surface area contributed by atoms with Crippen LogP contribution in [0.3, 0.4) is 0 Å². The SMILES string of the molecule is CC(C)(O)c1nnc([C@H](Cc2ccc(Cl)cc2)NC(=O)O)o1. The molecule has 2 aromatic rings. The number of halogens is 1. The van der Waals surface area contributed by atoms with E-state index in [-0.39, 0.29) is 11.8 Å². The van der Waals surface area contributed by atoms with Crippen LogP contribution in [0, 0.1) is 0 Å². The highest BCUT2D eigenvalue weighted by atomic mass is 35.5. The molecule has 8 heteroatoms. The van der Waals surface area contributed by atoms with Gasteiger partial charge in [-0.25, -0.2) is 4.79 Å². The molecule has 0 aliphatic heterocycles. The first-order valence-corrected chi connectivity index (χ1v) is 6.93. The van der Waals surface area contributed by atoms with Crippen molar-refractivity contribution in [3.63, 3.8) is 0 Å². The van der Waals surface area contributed by atoms with Crippen LogP contribution in [0.1, 0.15) is 37.2 Å². The van der Waals surface area contributed by atoms with E-state index in [2.05, 4.69) is 15.5 Å². The van der Waals surface area contributed by atoms with Crippen molar-refractivity contribution in [2.45, 2.75) is 31.9 Å². The fourth-order valence-corrected chi connectivity index (χ4v) is 1.95. The predicted octanol–water partition coefficient (Wildman–Crippen LogP) is 2.50. The van der Waals surface area contributed by atoms with Crippen LogP contribution >= 0.6 is 11.6 Å². The van der Waals surface area contributed by atoms with Gasteiger partial charge in [-0.2, -0.15) is 0 Å². The van der Waals surface area contributed by atoms with Crippen molar-refractivity contribution >= 4 is 17.7 Å². The minimum absolute atomic E-state index is 0.0239. The summed E-state index contributed by atoms with van der Waals surface area (Å²) < 4.78 is 5.38. The maximum Gasteiger partial charge on any atom is 0.405 e. The molecule has 1 atom stereocenters. The van der Waals surface area contributed by atoms with Gasteiger partial charge in [-0.05, 0) is 31.5 Å². The molecule has 1 aromatic heterocycles. The average molecular weight is 326 g/mol. The summed E-state index contributed by atoms with van der Waals surface area (Å²) in [5, 5.41) is 29.3. The zero-order valence-electron chi connectivity index (χ0n) is 12.1. The lowest BCUT2D eigenvalue weighted by molar-refractivity contribution is 0.0464. The molecule has 3 N–H and O–H groups in total. The number of aliphatic hydroxyl groups is 1. The van der Waals surface area contributed by atoms with Gasteiger partial charge in [-0.1, -0.05) is 23.7 Å².